The molecular weight excluding hydrogens is 256 g/mol. The molecular formula is C16H19ClN2. The molecule has 1 aliphatic carbocycles. The van der Waals surface area contributed by atoms with Crippen molar-refractivity contribution in [3.05, 3.63) is 34.0 Å². The van der Waals surface area contributed by atoms with Gasteiger partial charge in [0.2, 0.25) is 0 Å². The maximum atomic E-state index is 6.35. The summed E-state index contributed by atoms with van der Waals surface area (Å²) in [5.41, 5.74) is 6.07. The van der Waals surface area contributed by atoms with Crippen molar-refractivity contribution in [1.82, 2.24) is 4.98 Å². The smallest absolute Gasteiger partial charge is 0.0915 e. The van der Waals surface area contributed by atoms with Crippen molar-refractivity contribution in [2.24, 2.45) is 0 Å². The van der Waals surface area contributed by atoms with Crippen LogP contribution < -0.4 is 5.32 Å². The van der Waals surface area contributed by atoms with Crippen LogP contribution in [0.2, 0.25) is 5.02 Å². The highest BCUT2D eigenvalue weighted by Gasteiger charge is 2.18. The van der Waals surface area contributed by atoms with Crippen LogP contribution in [-0.4, -0.2) is 12.0 Å². The minimum atomic E-state index is 0.754. The zero-order valence-electron chi connectivity index (χ0n) is 11.5. The van der Waals surface area contributed by atoms with Gasteiger partial charge in [0, 0.05) is 23.8 Å². The summed E-state index contributed by atoms with van der Waals surface area (Å²) < 4.78 is 0. The molecule has 3 heteroatoms. The molecule has 0 fully saturated rings. The van der Waals surface area contributed by atoms with Crippen molar-refractivity contribution >= 4 is 28.2 Å². The largest absolute Gasteiger partial charge is 0.387 e. The number of hydrogen-bond acceptors (Lipinski definition) is 2. The number of aryl methyl sites for hydroxylation is 2. The van der Waals surface area contributed by atoms with Crippen LogP contribution in [0.3, 0.4) is 0 Å². The van der Waals surface area contributed by atoms with E-state index in [4.69, 9.17) is 16.6 Å². The Morgan fingerprint density at radius 3 is 2.74 bits per heavy atom. The highest BCUT2D eigenvalue weighted by atomic mass is 35.5. The third-order valence-corrected chi connectivity index (χ3v) is 4.38. The van der Waals surface area contributed by atoms with Crippen molar-refractivity contribution in [1.29, 1.82) is 0 Å². The third kappa shape index (κ3) is 2.08. The Balaban J connectivity index is 2.39. The molecule has 1 heterocycles. The molecule has 0 saturated carbocycles. The van der Waals surface area contributed by atoms with E-state index in [1.54, 1.807) is 0 Å². The number of hydrogen-bond donors (Lipinski definition) is 1. The summed E-state index contributed by atoms with van der Waals surface area (Å²) in [6.07, 6.45) is 5.99. The molecule has 2 nitrogen and oxygen atoms in total. The van der Waals surface area contributed by atoms with Gasteiger partial charge in [-0.3, -0.25) is 4.98 Å². The van der Waals surface area contributed by atoms with Gasteiger partial charge < -0.3 is 5.32 Å². The Morgan fingerprint density at radius 2 is 1.95 bits per heavy atom. The van der Waals surface area contributed by atoms with Crippen LogP contribution in [0.15, 0.2) is 12.1 Å². The van der Waals surface area contributed by atoms with Gasteiger partial charge in [0.15, 0.2) is 0 Å². The minimum absolute atomic E-state index is 0.754. The van der Waals surface area contributed by atoms with E-state index in [1.165, 1.54) is 47.2 Å². The summed E-state index contributed by atoms with van der Waals surface area (Å²) >= 11 is 6.35. The zero-order chi connectivity index (χ0) is 13.4. The van der Waals surface area contributed by atoms with Crippen LogP contribution >= 0.6 is 11.6 Å². The number of fused-ring (bicyclic) bond motifs is 2. The van der Waals surface area contributed by atoms with Gasteiger partial charge in [0.25, 0.3) is 0 Å². The lowest BCUT2D eigenvalue weighted by molar-refractivity contribution is 0.709. The van der Waals surface area contributed by atoms with Crippen LogP contribution in [0.5, 0.6) is 0 Å². The number of nitrogens with zero attached hydrogens (tertiary/aromatic N) is 1. The average molecular weight is 275 g/mol. The van der Waals surface area contributed by atoms with E-state index in [1.807, 2.05) is 13.1 Å². The van der Waals surface area contributed by atoms with Crippen LogP contribution in [0.25, 0.3) is 10.9 Å². The molecule has 3 rings (SSSR count). The van der Waals surface area contributed by atoms with Crippen LogP contribution in [0.1, 0.15) is 36.1 Å². The van der Waals surface area contributed by atoms with Crippen molar-refractivity contribution in [3.63, 3.8) is 0 Å². The molecule has 19 heavy (non-hydrogen) atoms. The van der Waals surface area contributed by atoms with Crippen LogP contribution in [0.4, 0.5) is 5.69 Å². The second kappa shape index (κ2) is 5.01. The lowest BCUT2D eigenvalue weighted by Crippen LogP contribution is -2.04. The fourth-order valence-electron chi connectivity index (χ4n) is 3.11. The topological polar surface area (TPSA) is 24.9 Å². The molecule has 1 aromatic heterocycles. The van der Waals surface area contributed by atoms with Gasteiger partial charge in [-0.1, -0.05) is 24.1 Å². The molecule has 0 amide bonds. The summed E-state index contributed by atoms with van der Waals surface area (Å²) in [6, 6.07) is 4.03. The lowest BCUT2D eigenvalue weighted by Gasteiger charge is -2.17. The van der Waals surface area contributed by atoms with E-state index >= 15 is 0 Å². The Kier molecular flexibility index (Phi) is 3.36. The molecule has 0 atom stereocenters. The van der Waals surface area contributed by atoms with E-state index in [0.29, 0.717) is 0 Å². The van der Waals surface area contributed by atoms with Gasteiger partial charge >= 0.3 is 0 Å². The van der Waals surface area contributed by atoms with E-state index < -0.39 is 0 Å². The van der Waals surface area contributed by atoms with Crippen LogP contribution in [-0.2, 0) is 12.8 Å². The Hall–Kier alpha value is -1.28. The first-order valence-electron chi connectivity index (χ1n) is 7.00. The zero-order valence-corrected chi connectivity index (χ0v) is 12.3. The van der Waals surface area contributed by atoms with Crippen LogP contribution in [0, 0.1) is 6.92 Å². The molecule has 100 valence electrons. The first-order valence-corrected chi connectivity index (χ1v) is 7.38. The fourth-order valence-corrected chi connectivity index (χ4v) is 3.31. The number of nitrogens with one attached hydrogen (secondary N) is 1. The monoisotopic (exact) mass is 274 g/mol. The Bertz CT molecular complexity index is 634. The number of anilines is 1. The van der Waals surface area contributed by atoms with Crippen molar-refractivity contribution in [2.75, 3.05) is 12.4 Å². The maximum absolute atomic E-state index is 6.35. The van der Waals surface area contributed by atoms with Gasteiger partial charge in [-0.25, -0.2) is 0 Å². The summed E-state index contributed by atoms with van der Waals surface area (Å²) in [6.45, 7) is 2.13. The van der Waals surface area contributed by atoms with E-state index in [-0.39, 0.29) is 0 Å². The first kappa shape index (κ1) is 12.7. The molecule has 1 aliphatic rings. The highest BCUT2D eigenvalue weighted by molar-refractivity contribution is 6.35. The summed E-state index contributed by atoms with van der Waals surface area (Å²) in [4.78, 5) is 4.87. The van der Waals surface area contributed by atoms with Gasteiger partial charge in [0.05, 0.1) is 10.5 Å². The maximum Gasteiger partial charge on any atom is 0.0915 e. The Labute approximate surface area is 119 Å². The minimum Gasteiger partial charge on any atom is -0.387 e. The molecule has 0 saturated heterocycles. The van der Waals surface area contributed by atoms with Gasteiger partial charge in [-0.2, -0.15) is 0 Å². The number of benzene rings is 1. The van der Waals surface area contributed by atoms with Crippen molar-refractivity contribution in [2.45, 2.75) is 39.0 Å². The van der Waals surface area contributed by atoms with E-state index in [0.717, 1.165) is 23.4 Å². The average Bonchev–Trinajstić information content (AvgIpc) is 2.66. The summed E-state index contributed by atoms with van der Waals surface area (Å²) in [7, 11) is 2.00. The van der Waals surface area contributed by atoms with Gasteiger partial charge in [0.1, 0.15) is 0 Å². The number of pyridine rings is 1. The molecule has 0 bridgehead atoms. The van der Waals surface area contributed by atoms with Gasteiger partial charge in [-0.05, 0) is 49.8 Å². The van der Waals surface area contributed by atoms with E-state index in [2.05, 4.69) is 18.3 Å². The Morgan fingerprint density at radius 1 is 1.16 bits per heavy atom. The molecule has 0 unspecified atom stereocenters. The quantitative estimate of drug-likeness (QED) is 0.774. The molecule has 1 aromatic carbocycles. The summed E-state index contributed by atoms with van der Waals surface area (Å²) in [5, 5.41) is 5.34. The molecule has 2 aromatic rings. The van der Waals surface area contributed by atoms with Crippen molar-refractivity contribution in [3.8, 4) is 0 Å². The normalized spacial score (nSPS) is 15.1. The third-order valence-electron chi connectivity index (χ3n) is 4.07. The standard InChI is InChI=1S/C16H19ClN2/c1-10-8-9-12(17)16-14(10)15(18-2)11-6-4-3-5-7-13(11)19-16/h8-9H,3-7H2,1-2H3,(H,18,19). The molecule has 0 aliphatic heterocycles. The SMILES string of the molecule is CNc1c2c(nc3c(Cl)ccc(C)c13)CCCCC2. The second-order valence-electron chi connectivity index (χ2n) is 5.31. The molecule has 0 radical (unpaired) electrons. The molecule has 1 N–H and O–H groups in total. The number of aromatic nitrogens is 1. The van der Waals surface area contributed by atoms with E-state index in [9.17, 15) is 0 Å². The van der Waals surface area contributed by atoms with Gasteiger partial charge in [-0.15, -0.1) is 0 Å². The fraction of sp³-hybridized carbons (Fsp3) is 0.438. The lowest BCUT2D eigenvalue weighted by atomic mass is 9.99. The highest BCUT2D eigenvalue weighted by Crippen LogP contribution is 2.36. The number of halogens is 1. The predicted octanol–water partition coefficient (Wildman–Crippen LogP) is 4.51. The summed E-state index contributed by atoms with van der Waals surface area (Å²) in [5.74, 6) is 0. The molecule has 0 spiro atoms. The number of rotatable bonds is 1. The second-order valence-corrected chi connectivity index (χ2v) is 5.72. The first-order chi connectivity index (χ1) is 9.22. The predicted molar refractivity (Wildman–Crippen MR) is 82.3 cm³/mol. The van der Waals surface area contributed by atoms with Crippen molar-refractivity contribution < 1.29 is 0 Å².